The summed E-state index contributed by atoms with van der Waals surface area (Å²) in [6.45, 7) is 0. The van der Waals surface area contributed by atoms with E-state index in [-0.39, 0.29) is 5.76 Å². The first-order chi connectivity index (χ1) is 5.20. The summed E-state index contributed by atoms with van der Waals surface area (Å²) in [4.78, 5) is 0. The number of aliphatic hydroxyl groups excluding tert-OH is 3. The summed E-state index contributed by atoms with van der Waals surface area (Å²) >= 11 is 0. The van der Waals surface area contributed by atoms with E-state index in [0.717, 1.165) is 0 Å². The second kappa shape index (κ2) is 3.08. The van der Waals surface area contributed by atoms with Gasteiger partial charge in [-0.25, -0.2) is 0 Å². The fourth-order valence-corrected chi connectivity index (χ4v) is 0.885. The Morgan fingerprint density at radius 2 is 2.18 bits per heavy atom. The third kappa shape index (κ3) is 1.30. The molecular weight excluding hydrogens is 152 g/mol. The van der Waals surface area contributed by atoms with Gasteiger partial charge >= 0.3 is 0 Å². The lowest BCUT2D eigenvalue weighted by Crippen LogP contribution is -2.30. The Hall–Kier alpha value is -0.780. The maximum absolute atomic E-state index is 9.11. The zero-order valence-electron chi connectivity index (χ0n) is 5.97. The normalized spacial score (nSPS) is 41.0. The van der Waals surface area contributed by atoms with Crippen molar-refractivity contribution in [3.05, 3.63) is 12.0 Å². The Kier molecular flexibility index (Phi) is 2.33. The molecule has 64 valence electrons. The van der Waals surface area contributed by atoms with E-state index in [2.05, 4.69) is 4.74 Å². The van der Waals surface area contributed by atoms with Crippen molar-refractivity contribution < 1.29 is 24.8 Å². The third-order valence-corrected chi connectivity index (χ3v) is 1.51. The van der Waals surface area contributed by atoms with Crippen LogP contribution in [0.1, 0.15) is 0 Å². The molecular formula is C6H10O5. The smallest absolute Gasteiger partial charge is 0.228 e. The van der Waals surface area contributed by atoms with Gasteiger partial charge in [-0.05, 0) is 0 Å². The minimum atomic E-state index is -1.20. The minimum Gasteiger partial charge on any atom is -0.512 e. The van der Waals surface area contributed by atoms with Crippen LogP contribution in [0.25, 0.3) is 0 Å². The second-order valence-corrected chi connectivity index (χ2v) is 2.19. The van der Waals surface area contributed by atoms with Crippen LogP contribution in [0, 0.1) is 0 Å². The fraction of sp³-hybridized carbons (Fsp3) is 0.667. The molecule has 0 aromatic heterocycles. The molecule has 0 spiro atoms. The van der Waals surface area contributed by atoms with Crippen molar-refractivity contribution in [2.45, 2.75) is 18.5 Å². The van der Waals surface area contributed by atoms with Crippen molar-refractivity contribution in [3.8, 4) is 0 Å². The van der Waals surface area contributed by atoms with Gasteiger partial charge in [0.15, 0.2) is 5.76 Å². The lowest BCUT2D eigenvalue weighted by atomic mass is 10.2. The zero-order chi connectivity index (χ0) is 8.43. The molecule has 1 saturated heterocycles. The van der Waals surface area contributed by atoms with Crippen molar-refractivity contribution in [2.24, 2.45) is 0 Å². The summed E-state index contributed by atoms with van der Waals surface area (Å²) in [6.07, 6.45) is -2.64. The van der Waals surface area contributed by atoms with Crippen LogP contribution in [0.2, 0.25) is 0 Å². The Balaban J connectivity index is 2.68. The molecule has 11 heavy (non-hydrogen) atoms. The Labute approximate surface area is 63.5 Å². The lowest BCUT2D eigenvalue weighted by Gasteiger charge is -2.10. The largest absolute Gasteiger partial charge is 0.512 e. The third-order valence-electron chi connectivity index (χ3n) is 1.51. The Morgan fingerprint density at radius 3 is 2.45 bits per heavy atom. The summed E-state index contributed by atoms with van der Waals surface area (Å²) in [7, 11) is 1.33. The van der Waals surface area contributed by atoms with E-state index in [9.17, 15) is 0 Å². The second-order valence-electron chi connectivity index (χ2n) is 2.19. The molecule has 0 saturated carbocycles. The molecule has 3 atom stereocenters. The van der Waals surface area contributed by atoms with Crippen LogP contribution in [0.15, 0.2) is 12.0 Å². The first-order valence-corrected chi connectivity index (χ1v) is 3.10. The van der Waals surface area contributed by atoms with E-state index in [1.165, 1.54) is 7.11 Å². The van der Waals surface area contributed by atoms with Gasteiger partial charge in [-0.3, -0.25) is 0 Å². The number of rotatable bonds is 1. The van der Waals surface area contributed by atoms with Gasteiger partial charge in [0.25, 0.3) is 0 Å². The molecule has 1 aliphatic rings. The molecule has 0 amide bonds. The summed E-state index contributed by atoms with van der Waals surface area (Å²) < 4.78 is 9.41. The monoisotopic (exact) mass is 162 g/mol. The number of methoxy groups -OCH3 is 1. The molecule has 1 aliphatic heterocycles. The topological polar surface area (TPSA) is 79.2 Å². The predicted octanol–water partition coefficient (Wildman–Crippen LogP) is -0.890. The summed E-state index contributed by atoms with van der Waals surface area (Å²) in [5.41, 5.74) is 0. The van der Waals surface area contributed by atoms with E-state index in [0.29, 0.717) is 6.26 Å². The van der Waals surface area contributed by atoms with Crippen LogP contribution >= 0.6 is 0 Å². The maximum Gasteiger partial charge on any atom is 0.228 e. The van der Waals surface area contributed by atoms with Crippen molar-refractivity contribution in [3.63, 3.8) is 0 Å². The van der Waals surface area contributed by atoms with Gasteiger partial charge in [-0.1, -0.05) is 0 Å². The average molecular weight is 162 g/mol. The molecule has 5 nitrogen and oxygen atoms in total. The van der Waals surface area contributed by atoms with Crippen molar-refractivity contribution in [1.82, 2.24) is 0 Å². The van der Waals surface area contributed by atoms with E-state index in [1.807, 2.05) is 0 Å². The molecule has 0 aliphatic carbocycles. The highest BCUT2D eigenvalue weighted by Crippen LogP contribution is 2.23. The van der Waals surface area contributed by atoms with Crippen LogP contribution in [-0.4, -0.2) is 40.9 Å². The number of aliphatic hydroxyl groups is 3. The summed E-state index contributed by atoms with van der Waals surface area (Å²) in [5.74, 6) is -0.0793. The van der Waals surface area contributed by atoms with Gasteiger partial charge in [-0.2, -0.15) is 0 Å². The fourth-order valence-electron chi connectivity index (χ4n) is 0.885. The van der Waals surface area contributed by atoms with Crippen LogP contribution in [0.5, 0.6) is 0 Å². The van der Waals surface area contributed by atoms with E-state index >= 15 is 0 Å². The quantitative estimate of drug-likeness (QED) is 0.436. The van der Waals surface area contributed by atoms with Crippen LogP contribution in [0.4, 0.5) is 0 Å². The van der Waals surface area contributed by atoms with E-state index in [1.54, 1.807) is 0 Å². The maximum atomic E-state index is 9.11. The molecule has 1 rings (SSSR count). The van der Waals surface area contributed by atoms with Crippen molar-refractivity contribution >= 4 is 0 Å². The molecule has 3 unspecified atom stereocenters. The first-order valence-electron chi connectivity index (χ1n) is 3.10. The molecule has 5 heteroatoms. The van der Waals surface area contributed by atoms with Gasteiger partial charge in [0.05, 0.1) is 0 Å². The Bertz CT molecular complexity index is 166. The average Bonchev–Trinajstić information content (AvgIpc) is 2.30. The SMILES string of the molecule is COC1O/C(=C\O)C(O)C1O. The van der Waals surface area contributed by atoms with Gasteiger partial charge in [0.1, 0.15) is 18.5 Å². The Morgan fingerprint density at radius 1 is 1.55 bits per heavy atom. The van der Waals surface area contributed by atoms with Gasteiger partial charge in [0, 0.05) is 7.11 Å². The molecule has 0 aromatic rings. The highest BCUT2D eigenvalue weighted by Gasteiger charge is 2.39. The lowest BCUT2D eigenvalue weighted by molar-refractivity contribution is -0.127. The molecule has 0 radical (unpaired) electrons. The molecule has 1 heterocycles. The molecule has 1 fully saturated rings. The van der Waals surface area contributed by atoms with Gasteiger partial charge in [-0.15, -0.1) is 0 Å². The number of hydrogen-bond donors (Lipinski definition) is 3. The van der Waals surface area contributed by atoms with Gasteiger partial charge in [0.2, 0.25) is 6.29 Å². The van der Waals surface area contributed by atoms with Crippen molar-refractivity contribution in [2.75, 3.05) is 7.11 Å². The van der Waals surface area contributed by atoms with Crippen molar-refractivity contribution in [1.29, 1.82) is 0 Å². The van der Waals surface area contributed by atoms with Gasteiger partial charge < -0.3 is 24.8 Å². The minimum absolute atomic E-state index is 0.0793. The summed E-state index contributed by atoms with van der Waals surface area (Å²) in [5, 5.41) is 26.6. The highest BCUT2D eigenvalue weighted by molar-refractivity contribution is 5.05. The van der Waals surface area contributed by atoms with E-state index in [4.69, 9.17) is 20.1 Å². The molecule has 0 aromatic carbocycles. The van der Waals surface area contributed by atoms with Crippen LogP contribution in [0.3, 0.4) is 0 Å². The molecule has 0 bridgehead atoms. The summed E-state index contributed by atoms with van der Waals surface area (Å²) in [6, 6.07) is 0. The highest BCUT2D eigenvalue weighted by atomic mass is 16.7. The number of hydrogen-bond acceptors (Lipinski definition) is 5. The number of ether oxygens (including phenoxy) is 2. The first kappa shape index (κ1) is 8.32. The predicted molar refractivity (Wildman–Crippen MR) is 34.6 cm³/mol. The van der Waals surface area contributed by atoms with Crippen LogP contribution in [-0.2, 0) is 9.47 Å². The van der Waals surface area contributed by atoms with E-state index < -0.39 is 18.5 Å². The standard InChI is InChI=1S/C6H10O5/c1-10-6-5(9)4(8)3(2-7)11-6/h2,4-9H,1H3/b3-2-. The van der Waals surface area contributed by atoms with Crippen LogP contribution < -0.4 is 0 Å². The zero-order valence-corrected chi connectivity index (χ0v) is 5.97. The molecule has 3 N–H and O–H groups in total.